The van der Waals surface area contributed by atoms with E-state index in [0.717, 1.165) is 174 Å². The summed E-state index contributed by atoms with van der Waals surface area (Å²) in [6.07, 6.45) is 11.3. The molecule has 0 spiro atoms. The van der Waals surface area contributed by atoms with E-state index in [9.17, 15) is 0 Å². The van der Waals surface area contributed by atoms with E-state index in [0.29, 0.717) is 72.1 Å². The van der Waals surface area contributed by atoms with Gasteiger partial charge in [0.25, 0.3) is 0 Å². The van der Waals surface area contributed by atoms with Crippen molar-refractivity contribution in [3.05, 3.63) is 162 Å². The first-order valence-electron chi connectivity index (χ1n) is 44.8. The van der Waals surface area contributed by atoms with Gasteiger partial charge in [0.2, 0.25) is 0 Å². The molecular formula is C99H162N12O6. The summed E-state index contributed by atoms with van der Waals surface area (Å²) in [4.78, 5) is 34.8. The van der Waals surface area contributed by atoms with Gasteiger partial charge in [0, 0.05) is 132 Å². The van der Waals surface area contributed by atoms with Crippen molar-refractivity contribution in [2.45, 2.75) is 237 Å². The zero-order chi connectivity index (χ0) is 85.7. The van der Waals surface area contributed by atoms with E-state index in [4.69, 9.17) is 28.4 Å². The first-order valence-corrected chi connectivity index (χ1v) is 44.8. The highest BCUT2D eigenvalue weighted by Crippen LogP contribution is 2.36. The molecule has 0 radical (unpaired) electrons. The third-order valence-electron chi connectivity index (χ3n) is 24.6. The zero-order valence-electron chi connectivity index (χ0n) is 78.3. The smallest absolute Gasteiger partial charge is 0.0877 e. The summed E-state index contributed by atoms with van der Waals surface area (Å²) in [7, 11) is 12.6. The second kappa shape index (κ2) is 47.7. The molecule has 0 saturated carbocycles. The van der Waals surface area contributed by atoms with Gasteiger partial charge in [-0.2, -0.15) is 0 Å². The lowest BCUT2D eigenvalue weighted by atomic mass is 9.83. The SMILES string of the molecule is CC(C)c1ccc(N2CCOC(CN(C)C)C2)cc1.CC(C)c1ccc(N2CCO[C@@H](CN(C)C)C2)cc1.CC(C)c1ccc(N2CCO[C@H](CN(C)C)C2)cc1.CCC(C)(C)C1CN(c2ccc(C(C)C)nc2)CCO1.CCC(C)(C)[C@@H]1CN(c2ccc(C(C)C)nc2)CCO1.CCC(C)(C)[C@H]1CN(c2ccc(C(C)C)nc2)CCO1. The maximum absolute atomic E-state index is 5.99. The van der Waals surface area contributed by atoms with Crippen LogP contribution < -0.4 is 29.4 Å². The lowest BCUT2D eigenvalue weighted by Gasteiger charge is -2.41. The van der Waals surface area contributed by atoms with Gasteiger partial charge in [-0.05, 0) is 203 Å². The molecule has 0 amide bonds. The standard InChI is InChI=1S/3C17H28N2O.3C16H26N2O/c3*1-6-17(4,5)16-12-19(9-10-20-16)14-7-8-15(13(2)3)18-11-14;3*1-13(2)14-5-7-15(8-6-14)18-9-10-19-16(12-18)11-17(3)4/h3*7-8,11,13,16H,6,9-10,12H2,1-5H3;3*5-8,13,16H,9-12H2,1-4H3/t2*16-;;2*16-;/m10.10./s1. The van der Waals surface area contributed by atoms with E-state index >= 15 is 0 Å². The van der Waals surface area contributed by atoms with Crippen molar-refractivity contribution >= 4 is 34.1 Å². The topological polar surface area (TPSA) is 123 Å². The van der Waals surface area contributed by atoms with Crippen LogP contribution >= 0.6 is 0 Å². The minimum Gasteiger partial charge on any atom is -0.374 e. The number of rotatable bonds is 24. The molecule has 0 aliphatic carbocycles. The van der Waals surface area contributed by atoms with Crippen LogP contribution in [0.15, 0.2) is 128 Å². The summed E-state index contributed by atoms with van der Waals surface area (Å²) in [5.41, 5.74) is 16.0. The van der Waals surface area contributed by atoms with E-state index in [1.54, 1.807) is 0 Å². The molecule has 18 heteroatoms. The second-order valence-electron chi connectivity index (χ2n) is 38.1. The van der Waals surface area contributed by atoms with Crippen LogP contribution in [0.3, 0.4) is 0 Å². The number of hydrogen-bond donors (Lipinski definition) is 0. The summed E-state index contributed by atoms with van der Waals surface area (Å²) in [6.45, 7) is 66.5. The van der Waals surface area contributed by atoms with Crippen LogP contribution in [0.4, 0.5) is 34.1 Å². The quantitative estimate of drug-likeness (QED) is 0.0570. The lowest BCUT2D eigenvalue weighted by Crippen LogP contribution is -2.48. The minimum absolute atomic E-state index is 0.226. The number of pyridine rings is 3. The van der Waals surface area contributed by atoms with E-state index < -0.39 is 0 Å². The number of morpholine rings is 6. The number of nitrogens with zero attached hydrogens (tertiary/aromatic N) is 12. The Bertz CT molecular complexity index is 3300. The van der Waals surface area contributed by atoms with Gasteiger partial charge in [0.05, 0.1) is 112 Å². The summed E-state index contributed by atoms with van der Waals surface area (Å²) in [6, 6.07) is 40.0. The highest BCUT2D eigenvalue weighted by Gasteiger charge is 2.37. The molecule has 6 aliphatic rings. The molecule has 18 nitrogen and oxygen atoms in total. The number of ether oxygens (including phenoxy) is 6. The Morgan fingerprint density at radius 3 is 0.675 bits per heavy atom. The Morgan fingerprint density at radius 2 is 0.496 bits per heavy atom. The third kappa shape index (κ3) is 31.5. The fourth-order valence-electron chi connectivity index (χ4n) is 15.2. The van der Waals surface area contributed by atoms with Gasteiger partial charge < -0.3 is 72.5 Å². The monoisotopic (exact) mass is 1620 g/mol. The van der Waals surface area contributed by atoms with E-state index in [1.807, 2.05) is 18.6 Å². The molecule has 12 rings (SSSR count). The minimum atomic E-state index is 0.226. The van der Waals surface area contributed by atoms with Gasteiger partial charge in [0.15, 0.2) is 0 Å². The van der Waals surface area contributed by atoms with Crippen LogP contribution in [0.2, 0.25) is 0 Å². The van der Waals surface area contributed by atoms with Crippen LogP contribution in [-0.4, -0.2) is 246 Å². The van der Waals surface area contributed by atoms with Crippen molar-refractivity contribution in [2.75, 3.05) is 209 Å². The number of aromatic nitrogens is 3. The fraction of sp³-hybridized carbons (Fsp3) is 0.667. The molecule has 3 aromatic carbocycles. The molecule has 3 aromatic heterocycles. The molecule has 0 bridgehead atoms. The summed E-state index contributed by atoms with van der Waals surface area (Å²) in [5, 5.41) is 0. The summed E-state index contributed by atoms with van der Waals surface area (Å²) >= 11 is 0. The Kier molecular flexibility index (Phi) is 39.8. The Hall–Kier alpha value is -6.45. The van der Waals surface area contributed by atoms with Crippen molar-refractivity contribution in [1.29, 1.82) is 0 Å². The molecule has 6 aromatic rings. The third-order valence-corrected chi connectivity index (χ3v) is 24.6. The Balaban J connectivity index is 0.000000194. The van der Waals surface area contributed by atoms with Crippen molar-refractivity contribution in [3.8, 4) is 0 Å². The van der Waals surface area contributed by atoms with Crippen molar-refractivity contribution < 1.29 is 28.4 Å². The van der Waals surface area contributed by atoms with Crippen molar-refractivity contribution in [1.82, 2.24) is 29.7 Å². The molecule has 654 valence electrons. The van der Waals surface area contributed by atoms with Gasteiger partial charge in [-0.3, -0.25) is 15.0 Å². The van der Waals surface area contributed by atoms with Crippen LogP contribution in [-0.2, 0) is 28.4 Å². The highest BCUT2D eigenvalue weighted by molar-refractivity contribution is 5.52. The summed E-state index contributed by atoms with van der Waals surface area (Å²) in [5.74, 6) is 3.25. The van der Waals surface area contributed by atoms with Crippen molar-refractivity contribution in [3.63, 3.8) is 0 Å². The van der Waals surface area contributed by atoms with Gasteiger partial charge in [-0.15, -0.1) is 0 Å². The predicted molar refractivity (Wildman–Crippen MR) is 496 cm³/mol. The molecule has 6 aliphatic heterocycles. The predicted octanol–water partition coefficient (Wildman–Crippen LogP) is 19.3. The number of hydrogen-bond acceptors (Lipinski definition) is 18. The molecule has 117 heavy (non-hydrogen) atoms. The van der Waals surface area contributed by atoms with Crippen LogP contribution in [0.5, 0.6) is 0 Å². The largest absolute Gasteiger partial charge is 0.374 e. The van der Waals surface area contributed by atoms with E-state index in [1.165, 1.54) is 50.8 Å². The van der Waals surface area contributed by atoms with Gasteiger partial charge in [-0.25, -0.2) is 0 Å². The molecule has 6 saturated heterocycles. The van der Waals surface area contributed by atoms with Gasteiger partial charge in [0.1, 0.15) is 0 Å². The molecule has 2 unspecified atom stereocenters. The van der Waals surface area contributed by atoms with E-state index in [2.05, 4.69) is 356 Å². The maximum Gasteiger partial charge on any atom is 0.0877 e. The van der Waals surface area contributed by atoms with Crippen LogP contribution in [0.1, 0.15) is 234 Å². The zero-order valence-corrected chi connectivity index (χ0v) is 78.3. The molecule has 9 heterocycles. The number of benzene rings is 3. The Morgan fingerprint density at radius 1 is 0.291 bits per heavy atom. The molecule has 6 atom stereocenters. The van der Waals surface area contributed by atoms with Crippen LogP contribution in [0, 0.1) is 16.2 Å². The molecular weight excluding hydrogens is 1450 g/mol. The molecule has 0 N–H and O–H groups in total. The number of likely N-dealkylation sites (N-methyl/N-ethyl adjacent to an activating group) is 3. The average Bonchev–Trinajstić information content (AvgIpc) is 0.832. The first-order chi connectivity index (χ1) is 55.5. The highest BCUT2D eigenvalue weighted by atomic mass is 16.5. The Labute approximate surface area is 712 Å². The van der Waals surface area contributed by atoms with Gasteiger partial charge >= 0.3 is 0 Å². The van der Waals surface area contributed by atoms with E-state index in [-0.39, 0.29) is 16.2 Å². The fourth-order valence-corrected chi connectivity index (χ4v) is 15.2. The molecule has 6 fully saturated rings. The van der Waals surface area contributed by atoms with Crippen LogP contribution in [0.25, 0.3) is 0 Å². The summed E-state index contributed by atoms with van der Waals surface area (Å²) < 4.78 is 35.4. The lowest BCUT2D eigenvalue weighted by molar-refractivity contribution is -0.0357. The average molecular weight is 1620 g/mol. The second-order valence-corrected chi connectivity index (χ2v) is 38.1. The van der Waals surface area contributed by atoms with Gasteiger partial charge in [-0.1, -0.05) is 182 Å². The normalized spacial score (nSPS) is 20.4. The first kappa shape index (κ1) is 97.7. The maximum atomic E-state index is 5.99. The van der Waals surface area contributed by atoms with Crippen molar-refractivity contribution in [2.24, 2.45) is 16.2 Å². The number of anilines is 6.